The van der Waals surface area contributed by atoms with E-state index in [0.29, 0.717) is 15.3 Å². The van der Waals surface area contributed by atoms with Gasteiger partial charge in [-0.05, 0) is 37.0 Å². The van der Waals surface area contributed by atoms with E-state index in [1.54, 1.807) is 11.8 Å². The summed E-state index contributed by atoms with van der Waals surface area (Å²) in [6.45, 7) is 2.03. The van der Waals surface area contributed by atoms with Crippen molar-refractivity contribution < 1.29 is 0 Å². The van der Waals surface area contributed by atoms with E-state index in [2.05, 4.69) is 10.1 Å². The first kappa shape index (κ1) is 16.1. The van der Waals surface area contributed by atoms with Crippen LogP contribution in [-0.4, -0.2) is 20.9 Å². The van der Waals surface area contributed by atoms with E-state index in [4.69, 9.17) is 0 Å². The second-order valence-electron chi connectivity index (χ2n) is 5.68. The van der Waals surface area contributed by atoms with Gasteiger partial charge >= 0.3 is 0 Å². The Morgan fingerprint density at radius 2 is 1.80 bits per heavy atom. The van der Waals surface area contributed by atoms with Gasteiger partial charge in [0, 0.05) is 10.5 Å². The lowest BCUT2D eigenvalue weighted by atomic mass is 10.1. The SMILES string of the molecule is CSc1ccc(C=c2sc3nc(-c4ccc(C)cc4)nn3c2=O)cc1. The Labute approximate surface area is 152 Å². The number of thioether (sulfide) groups is 1. The van der Waals surface area contributed by atoms with E-state index < -0.39 is 0 Å². The summed E-state index contributed by atoms with van der Waals surface area (Å²) < 4.78 is 2.03. The molecule has 0 amide bonds. The molecule has 0 aliphatic carbocycles. The first-order valence-corrected chi connectivity index (χ1v) is 9.80. The fourth-order valence-corrected chi connectivity index (χ4v) is 3.83. The highest BCUT2D eigenvalue weighted by Crippen LogP contribution is 2.17. The lowest BCUT2D eigenvalue weighted by Crippen LogP contribution is -2.23. The Morgan fingerprint density at radius 3 is 2.44 bits per heavy atom. The number of aryl methyl sites for hydroxylation is 1. The van der Waals surface area contributed by atoms with Crippen LogP contribution in [0.4, 0.5) is 0 Å². The van der Waals surface area contributed by atoms with Crippen molar-refractivity contribution in [1.29, 1.82) is 0 Å². The molecule has 124 valence electrons. The quantitative estimate of drug-likeness (QED) is 0.522. The van der Waals surface area contributed by atoms with Crippen LogP contribution in [-0.2, 0) is 0 Å². The van der Waals surface area contributed by atoms with Gasteiger partial charge in [0.15, 0.2) is 5.82 Å². The third-order valence-corrected chi connectivity index (χ3v) is 5.61. The molecule has 0 spiro atoms. The molecular formula is C19H15N3OS2. The summed E-state index contributed by atoms with van der Waals surface area (Å²) in [5, 5.41) is 4.38. The van der Waals surface area contributed by atoms with Crippen molar-refractivity contribution in [3.63, 3.8) is 0 Å². The van der Waals surface area contributed by atoms with Crippen molar-refractivity contribution in [1.82, 2.24) is 14.6 Å². The van der Waals surface area contributed by atoms with E-state index >= 15 is 0 Å². The van der Waals surface area contributed by atoms with Crippen molar-refractivity contribution in [3.05, 3.63) is 74.5 Å². The number of rotatable bonds is 3. The number of nitrogens with zero attached hydrogens (tertiary/aromatic N) is 3. The molecule has 0 saturated carbocycles. The van der Waals surface area contributed by atoms with Gasteiger partial charge in [-0.3, -0.25) is 4.79 Å². The predicted octanol–water partition coefficient (Wildman–Crippen LogP) is 3.40. The van der Waals surface area contributed by atoms with E-state index in [1.807, 2.05) is 67.8 Å². The summed E-state index contributed by atoms with van der Waals surface area (Å²) >= 11 is 3.06. The van der Waals surface area contributed by atoms with Crippen LogP contribution >= 0.6 is 23.1 Å². The molecule has 2 heterocycles. The van der Waals surface area contributed by atoms with Crippen molar-refractivity contribution in [2.45, 2.75) is 11.8 Å². The second-order valence-corrected chi connectivity index (χ2v) is 7.57. The fourth-order valence-electron chi connectivity index (χ4n) is 2.51. The maximum atomic E-state index is 12.6. The van der Waals surface area contributed by atoms with Crippen LogP contribution in [0.15, 0.2) is 58.2 Å². The minimum Gasteiger partial charge on any atom is -0.266 e. The Kier molecular flexibility index (Phi) is 4.15. The summed E-state index contributed by atoms with van der Waals surface area (Å²) in [4.78, 5) is 18.9. The molecular weight excluding hydrogens is 350 g/mol. The summed E-state index contributed by atoms with van der Waals surface area (Å²) in [6, 6.07) is 16.1. The average molecular weight is 365 g/mol. The van der Waals surface area contributed by atoms with Gasteiger partial charge in [-0.1, -0.05) is 53.3 Å². The molecule has 0 unspecified atom stereocenters. The van der Waals surface area contributed by atoms with Gasteiger partial charge in [-0.25, -0.2) is 0 Å². The highest BCUT2D eigenvalue weighted by atomic mass is 32.2. The summed E-state index contributed by atoms with van der Waals surface area (Å²) in [7, 11) is 0. The van der Waals surface area contributed by atoms with Gasteiger partial charge in [0.1, 0.15) is 0 Å². The second kappa shape index (κ2) is 6.46. The van der Waals surface area contributed by atoms with Crippen LogP contribution in [0.2, 0.25) is 0 Å². The molecule has 0 fully saturated rings. The Balaban J connectivity index is 1.76. The van der Waals surface area contributed by atoms with Crippen LogP contribution in [0.3, 0.4) is 0 Å². The summed E-state index contributed by atoms with van der Waals surface area (Å²) in [6.07, 6.45) is 3.93. The van der Waals surface area contributed by atoms with Crippen molar-refractivity contribution in [2.24, 2.45) is 0 Å². The molecule has 0 aliphatic rings. The van der Waals surface area contributed by atoms with E-state index in [1.165, 1.54) is 26.3 Å². The molecule has 2 aromatic carbocycles. The summed E-state index contributed by atoms with van der Waals surface area (Å²) in [5.41, 5.74) is 2.97. The number of benzene rings is 2. The molecule has 2 aromatic heterocycles. The highest BCUT2D eigenvalue weighted by Gasteiger charge is 2.11. The molecule has 25 heavy (non-hydrogen) atoms. The zero-order valence-electron chi connectivity index (χ0n) is 13.8. The first-order valence-electron chi connectivity index (χ1n) is 7.76. The average Bonchev–Trinajstić information content (AvgIpc) is 3.16. The van der Waals surface area contributed by atoms with Crippen molar-refractivity contribution in [2.75, 3.05) is 6.26 Å². The summed E-state index contributed by atoms with van der Waals surface area (Å²) in [5.74, 6) is 0.583. The molecule has 0 saturated heterocycles. The number of fused-ring (bicyclic) bond motifs is 1. The van der Waals surface area contributed by atoms with Gasteiger partial charge in [-0.2, -0.15) is 9.50 Å². The van der Waals surface area contributed by atoms with Crippen LogP contribution < -0.4 is 10.1 Å². The Bertz CT molecular complexity index is 1140. The maximum absolute atomic E-state index is 12.6. The fraction of sp³-hybridized carbons (Fsp3) is 0.105. The molecule has 4 aromatic rings. The monoisotopic (exact) mass is 365 g/mol. The zero-order valence-corrected chi connectivity index (χ0v) is 15.4. The van der Waals surface area contributed by atoms with Gasteiger partial charge in [0.25, 0.3) is 5.56 Å². The topological polar surface area (TPSA) is 47.3 Å². The smallest absolute Gasteiger partial charge is 0.266 e. The molecule has 0 radical (unpaired) electrons. The minimum atomic E-state index is -0.125. The number of thiazole rings is 1. The van der Waals surface area contributed by atoms with Crippen LogP contribution in [0, 0.1) is 6.92 Å². The lowest BCUT2D eigenvalue weighted by Gasteiger charge is -1.96. The van der Waals surface area contributed by atoms with Crippen LogP contribution in [0.25, 0.3) is 22.4 Å². The molecule has 4 nitrogen and oxygen atoms in total. The highest BCUT2D eigenvalue weighted by molar-refractivity contribution is 7.98. The number of hydrogen-bond acceptors (Lipinski definition) is 5. The zero-order chi connectivity index (χ0) is 17.4. The first-order chi connectivity index (χ1) is 12.1. The van der Waals surface area contributed by atoms with Gasteiger partial charge in [0.2, 0.25) is 4.96 Å². The molecule has 0 atom stereocenters. The predicted molar refractivity (Wildman–Crippen MR) is 104 cm³/mol. The van der Waals surface area contributed by atoms with Gasteiger partial charge < -0.3 is 0 Å². The van der Waals surface area contributed by atoms with E-state index in [0.717, 1.165) is 11.1 Å². The largest absolute Gasteiger partial charge is 0.291 e. The number of hydrogen-bond donors (Lipinski definition) is 0. The molecule has 0 aliphatic heterocycles. The minimum absolute atomic E-state index is 0.125. The third kappa shape index (κ3) is 3.10. The third-order valence-electron chi connectivity index (χ3n) is 3.91. The molecule has 0 bridgehead atoms. The number of aromatic nitrogens is 3. The van der Waals surface area contributed by atoms with Crippen molar-refractivity contribution in [3.8, 4) is 11.4 Å². The Hall–Kier alpha value is -2.44. The van der Waals surface area contributed by atoms with E-state index in [-0.39, 0.29) is 5.56 Å². The van der Waals surface area contributed by atoms with Gasteiger partial charge in [0.05, 0.1) is 4.53 Å². The molecule has 4 rings (SSSR count). The van der Waals surface area contributed by atoms with Crippen LogP contribution in [0.5, 0.6) is 0 Å². The van der Waals surface area contributed by atoms with Gasteiger partial charge in [-0.15, -0.1) is 16.9 Å². The maximum Gasteiger partial charge on any atom is 0.291 e. The normalized spacial score (nSPS) is 12.2. The molecule has 0 N–H and O–H groups in total. The lowest BCUT2D eigenvalue weighted by molar-refractivity contribution is 0.937. The molecule has 6 heteroatoms. The Morgan fingerprint density at radius 1 is 1.08 bits per heavy atom. The van der Waals surface area contributed by atoms with Crippen LogP contribution in [0.1, 0.15) is 11.1 Å². The standard InChI is InChI=1S/C19H15N3OS2/c1-12-3-7-14(8-4-12)17-20-19-22(21-17)18(23)16(25-19)11-13-5-9-15(24-2)10-6-13/h3-11H,1-2H3. The van der Waals surface area contributed by atoms with Crippen molar-refractivity contribution >= 4 is 34.1 Å². The van der Waals surface area contributed by atoms with E-state index in [9.17, 15) is 4.79 Å².